The molecule has 1 aliphatic rings. The van der Waals surface area contributed by atoms with E-state index in [1.807, 2.05) is 0 Å². The highest BCUT2D eigenvalue weighted by atomic mass is 19.1. The molecule has 0 bridgehead atoms. The fraction of sp³-hybridized carbons (Fsp3) is 0.263. The predicted octanol–water partition coefficient (Wildman–Crippen LogP) is 2.92. The Labute approximate surface area is 145 Å². The third-order valence-corrected chi connectivity index (χ3v) is 4.27. The minimum atomic E-state index is -1.62. The van der Waals surface area contributed by atoms with Crippen LogP contribution >= 0.6 is 0 Å². The molecule has 0 unspecified atom stereocenters. The molecule has 2 aromatic rings. The van der Waals surface area contributed by atoms with Crippen molar-refractivity contribution in [3.8, 4) is 5.75 Å². The van der Waals surface area contributed by atoms with Crippen molar-refractivity contribution in [1.82, 2.24) is 5.01 Å². The minimum Gasteiger partial charge on any atom is -0.508 e. The van der Waals surface area contributed by atoms with Crippen LogP contribution in [0.5, 0.6) is 5.75 Å². The van der Waals surface area contributed by atoms with Crippen molar-refractivity contribution in [2.24, 2.45) is 5.10 Å². The Hall–Kier alpha value is -2.73. The molecule has 0 saturated heterocycles. The topological polar surface area (TPSA) is 73.1 Å². The molecule has 0 fully saturated rings. The SMILES string of the molecule is CC1=NN(C(=O)CCc2ccccc2O)[C@](O)(c2ccc(F)cc2)C1. The highest BCUT2D eigenvalue weighted by molar-refractivity contribution is 5.89. The van der Waals surface area contributed by atoms with E-state index in [4.69, 9.17) is 0 Å². The molecule has 3 rings (SSSR count). The molecule has 2 aromatic carbocycles. The summed E-state index contributed by atoms with van der Waals surface area (Å²) < 4.78 is 13.2. The van der Waals surface area contributed by atoms with Crippen molar-refractivity contribution >= 4 is 11.6 Å². The van der Waals surface area contributed by atoms with Crippen LogP contribution < -0.4 is 0 Å². The highest BCUT2D eigenvalue weighted by Crippen LogP contribution is 2.36. The minimum absolute atomic E-state index is 0.0812. The van der Waals surface area contributed by atoms with Crippen LogP contribution in [0.4, 0.5) is 4.39 Å². The lowest BCUT2D eigenvalue weighted by Gasteiger charge is -2.31. The van der Waals surface area contributed by atoms with E-state index in [1.165, 1.54) is 24.3 Å². The number of hydrogen-bond donors (Lipinski definition) is 2. The number of phenolic OH excluding ortho intramolecular Hbond substituents is 1. The fourth-order valence-corrected chi connectivity index (χ4v) is 2.99. The maximum atomic E-state index is 13.2. The zero-order valence-corrected chi connectivity index (χ0v) is 13.8. The second-order valence-corrected chi connectivity index (χ2v) is 6.17. The maximum Gasteiger partial charge on any atom is 0.245 e. The van der Waals surface area contributed by atoms with Gasteiger partial charge in [-0.1, -0.05) is 30.3 Å². The van der Waals surface area contributed by atoms with Gasteiger partial charge in [0.15, 0.2) is 5.72 Å². The molecular weight excluding hydrogens is 323 g/mol. The van der Waals surface area contributed by atoms with Gasteiger partial charge in [0, 0.05) is 24.1 Å². The largest absolute Gasteiger partial charge is 0.508 e. The van der Waals surface area contributed by atoms with Gasteiger partial charge in [-0.3, -0.25) is 4.79 Å². The number of hydrogen-bond acceptors (Lipinski definition) is 4. The number of aryl methyl sites for hydroxylation is 1. The van der Waals surface area contributed by atoms with Crippen LogP contribution in [-0.4, -0.2) is 26.8 Å². The van der Waals surface area contributed by atoms with Crippen molar-refractivity contribution < 1.29 is 19.4 Å². The molecule has 130 valence electrons. The number of para-hydroxylation sites is 1. The van der Waals surface area contributed by atoms with E-state index in [2.05, 4.69) is 5.10 Å². The van der Waals surface area contributed by atoms with Gasteiger partial charge in [0.1, 0.15) is 11.6 Å². The quantitative estimate of drug-likeness (QED) is 0.897. The Bertz CT molecular complexity index is 820. The molecule has 1 aliphatic heterocycles. The number of aliphatic hydroxyl groups is 1. The molecule has 6 heteroatoms. The molecule has 1 atom stereocenters. The summed E-state index contributed by atoms with van der Waals surface area (Å²) in [5, 5.41) is 26.1. The lowest BCUT2D eigenvalue weighted by atomic mass is 9.97. The molecule has 1 amide bonds. The zero-order valence-electron chi connectivity index (χ0n) is 13.8. The van der Waals surface area contributed by atoms with E-state index in [0.717, 1.165) is 5.01 Å². The molecule has 0 radical (unpaired) electrons. The number of nitrogens with zero attached hydrogens (tertiary/aromatic N) is 2. The summed E-state index contributed by atoms with van der Waals surface area (Å²) in [6, 6.07) is 12.2. The smallest absolute Gasteiger partial charge is 0.245 e. The normalized spacial score (nSPS) is 19.8. The van der Waals surface area contributed by atoms with Crippen LogP contribution in [0.25, 0.3) is 0 Å². The number of aromatic hydroxyl groups is 1. The molecule has 25 heavy (non-hydrogen) atoms. The Balaban J connectivity index is 1.79. The van der Waals surface area contributed by atoms with Crippen molar-refractivity contribution in [3.63, 3.8) is 0 Å². The van der Waals surface area contributed by atoms with Crippen LogP contribution in [0.1, 0.15) is 30.9 Å². The summed E-state index contributed by atoms with van der Waals surface area (Å²) >= 11 is 0. The number of phenols is 1. The number of halogens is 1. The van der Waals surface area contributed by atoms with Crippen LogP contribution in [0.3, 0.4) is 0 Å². The molecule has 0 spiro atoms. The first-order valence-corrected chi connectivity index (χ1v) is 8.02. The molecule has 5 nitrogen and oxygen atoms in total. The average molecular weight is 342 g/mol. The lowest BCUT2D eigenvalue weighted by Crippen LogP contribution is -2.43. The summed E-state index contributed by atoms with van der Waals surface area (Å²) in [6.07, 6.45) is 0.578. The van der Waals surface area contributed by atoms with Crippen molar-refractivity contribution in [2.75, 3.05) is 0 Å². The summed E-state index contributed by atoms with van der Waals surface area (Å²) in [6.45, 7) is 1.73. The Kier molecular flexibility index (Phi) is 4.55. The van der Waals surface area contributed by atoms with Gasteiger partial charge in [-0.2, -0.15) is 10.1 Å². The number of benzene rings is 2. The van der Waals surface area contributed by atoms with Gasteiger partial charge < -0.3 is 10.2 Å². The van der Waals surface area contributed by atoms with Gasteiger partial charge in [-0.15, -0.1) is 0 Å². The van der Waals surface area contributed by atoms with E-state index in [0.29, 0.717) is 23.3 Å². The Morgan fingerprint density at radius 1 is 1.24 bits per heavy atom. The van der Waals surface area contributed by atoms with Crippen molar-refractivity contribution in [2.45, 2.75) is 31.9 Å². The fourth-order valence-electron chi connectivity index (χ4n) is 2.99. The summed E-state index contributed by atoms with van der Waals surface area (Å²) in [5.41, 5.74) is 0.0577. The third kappa shape index (κ3) is 3.39. The van der Waals surface area contributed by atoms with Crippen LogP contribution in [0.15, 0.2) is 53.6 Å². The average Bonchev–Trinajstić information content (AvgIpc) is 2.90. The van der Waals surface area contributed by atoms with E-state index in [1.54, 1.807) is 31.2 Å². The maximum absolute atomic E-state index is 13.2. The van der Waals surface area contributed by atoms with Gasteiger partial charge in [0.05, 0.1) is 0 Å². The first-order valence-electron chi connectivity index (χ1n) is 8.02. The predicted molar refractivity (Wildman–Crippen MR) is 91.3 cm³/mol. The molecule has 0 aliphatic carbocycles. The molecule has 1 heterocycles. The molecular formula is C19H19FN2O3. The molecule has 2 N–H and O–H groups in total. The number of carbonyl (C=O) groups excluding carboxylic acids is 1. The number of amides is 1. The van der Waals surface area contributed by atoms with Crippen LogP contribution in [0.2, 0.25) is 0 Å². The Morgan fingerprint density at radius 2 is 1.92 bits per heavy atom. The van der Waals surface area contributed by atoms with Crippen LogP contribution in [0, 0.1) is 5.82 Å². The van der Waals surface area contributed by atoms with E-state index < -0.39 is 11.5 Å². The third-order valence-electron chi connectivity index (χ3n) is 4.27. The lowest BCUT2D eigenvalue weighted by molar-refractivity contribution is -0.157. The van der Waals surface area contributed by atoms with Crippen molar-refractivity contribution in [1.29, 1.82) is 0 Å². The van der Waals surface area contributed by atoms with Crippen molar-refractivity contribution in [3.05, 3.63) is 65.5 Å². The number of rotatable bonds is 4. The van der Waals surface area contributed by atoms with Gasteiger partial charge in [0.25, 0.3) is 0 Å². The second-order valence-electron chi connectivity index (χ2n) is 6.17. The first-order chi connectivity index (χ1) is 11.9. The van der Waals surface area contributed by atoms with Gasteiger partial charge in [-0.25, -0.2) is 4.39 Å². The van der Waals surface area contributed by atoms with Gasteiger partial charge in [-0.05, 0) is 37.1 Å². The zero-order chi connectivity index (χ0) is 18.0. The van der Waals surface area contributed by atoms with E-state index in [-0.39, 0.29) is 24.5 Å². The second kappa shape index (κ2) is 6.64. The van der Waals surface area contributed by atoms with E-state index >= 15 is 0 Å². The summed E-state index contributed by atoms with van der Waals surface area (Å²) in [7, 11) is 0. The monoisotopic (exact) mass is 342 g/mol. The van der Waals surface area contributed by atoms with Gasteiger partial charge >= 0.3 is 0 Å². The van der Waals surface area contributed by atoms with Gasteiger partial charge in [0.2, 0.25) is 5.91 Å². The number of hydrazone groups is 1. The van der Waals surface area contributed by atoms with Crippen LogP contribution in [-0.2, 0) is 16.9 Å². The molecule has 0 saturated carbocycles. The first kappa shape index (κ1) is 17.1. The molecule has 0 aromatic heterocycles. The van der Waals surface area contributed by atoms with E-state index in [9.17, 15) is 19.4 Å². The summed E-state index contributed by atoms with van der Waals surface area (Å²) in [5.74, 6) is -0.655. The summed E-state index contributed by atoms with van der Waals surface area (Å²) in [4.78, 5) is 12.6. The number of carbonyl (C=O) groups is 1. The standard InChI is InChI=1S/C19H19FN2O3/c1-13-12-19(25,15-7-9-16(20)10-8-15)22(21-13)18(24)11-6-14-4-2-3-5-17(14)23/h2-5,7-10,23,25H,6,11-12H2,1H3/t19-/m1/s1. The highest BCUT2D eigenvalue weighted by Gasteiger charge is 2.44. The Morgan fingerprint density at radius 3 is 2.60 bits per heavy atom.